The number of halogens is 2. The van der Waals surface area contributed by atoms with E-state index in [9.17, 15) is 10.1 Å². The molecule has 180 valence electrons. The SMILES string of the molecule is COc1cc(/C=C(\C#N)C(=O)Nc2cccc(OC(C)C)c2)cc(Br)c1OCc1ccccc1Cl. The number of nitrogens with zero attached hydrogens (tertiary/aromatic N) is 1. The van der Waals surface area contributed by atoms with Crippen molar-refractivity contribution >= 4 is 45.2 Å². The zero-order valence-electron chi connectivity index (χ0n) is 19.5. The summed E-state index contributed by atoms with van der Waals surface area (Å²) in [7, 11) is 1.52. The van der Waals surface area contributed by atoms with Gasteiger partial charge in [-0.3, -0.25) is 4.79 Å². The highest BCUT2D eigenvalue weighted by Crippen LogP contribution is 2.38. The molecule has 0 radical (unpaired) electrons. The monoisotopic (exact) mass is 554 g/mol. The smallest absolute Gasteiger partial charge is 0.266 e. The van der Waals surface area contributed by atoms with Crippen molar-refractivity contribution in [2.24, 2.45) is 0 Å². The molecule has 0 aromatic heterocycles. The highest BCUT2D eigenvalue weighted by molar-refractivity contribution is 9.10. The molecule has 0 bridgehead atoms. The number of benzene rings is 3. The Kier molecular flexibility index (Phi) is 9.18. The topological polar surface area (TPSA) is 80.6 Å². The first-order chi connectivity index (χ1) is 16.8. The van der Waals surface area contributed by atoms with Crippen LogP contribution in [0.4, 0.5) is 5.69 Å². The standard InChI is InChI=1S/C27H24BrClN2O4/c1-17(2)35-22-9-6-8-21(14-22)31-27(32)20(15-30)11-18-12-23(28)26(25(13-18)33-3)34-16-19-7-4-5-10-24(19)29/h4-14,17H,16H2,1-3H3,(H,31,32)/b20-11+. The predicted molar refractivity (Wildman–Crippen MR) is 141 cm³/mol. The Labute approximate surface area is 218 Å². The van der Waals surface area contributed by atoms with E-state index in [1.54, 1.807) is 42.5 Å². The highest BCUT2D eigenvalue weighted by atomic mass is 79.9. The molecule has 0 heterocycles. The molecule has 3 aromatic rings. The van der Waals surface area contributed by atoms with Crippen molar-refractivity contribution < 1.29 is 19.0 Å². The third-order valence-electron chi connectivity index (χ3n) is 4.72. The number of hydrogen-bond acceptors (Lipinski definition) is 5. The highest BCUT2D eigenvalue weighted by Gasteiger charge is 2.15. The van der Waals surface area contributed by atoms with Crippen LogP contribution in [0.1, 0.15) is 25.0 Å². The number of hydrogen-bond donors (Lipinski definition) is 1. The van der Waals surface area contributed by atoms with Gasteiger partial charge < -0.3 is 19.5 Å². The first kappa shape index (κ1) is 26.1. The van der Waals surface area contributed by atoms with Gasteiger partial charge in [-0.1, -0.05) is 35.9 Å². The number of carbonyl (C=O) groups is 1. The molecular weight excluding hydrogens is 532 g/mol. The molecule has 0 fully saturated rings. The van der Waals surface area contributed by atoms with E-state index < -0.39 is 5.91 Å². The van der Waals surface area contributed by atoms with Crippen LogP contribution < -0.4 is 19.5 Å². The largest absolute Gasteiger partial charge is 0.493 e. The third kappa shape index (κ3) is 7.25. The number of carbonyl (C=O) groups excluding carboxylic acids is 1. The molecule has 0 saturated carbocycles. The average molecular weight is 556 g/mol. The Balaban J connectivity index is 1.80. The second-order valence-electron chi connectivity index (χ2n) is 7.73. The number of nitriles is 1. The fourth-order valence-corrected chi connectivity index (χ4v) is 3.93. The molecule has 1 amide bonds. The number of anilines is 1. The zero-order chi connectivity index (χ0) is 25.4. The zero-order valence-corrected chi connectivity index (χ0v) is 21.8. The molecule has 0 unspecified atom stereocenters. The summed E-state index contributed by atoms with van der Waals surface area (Å²) in [5, 5.41) is 13.0. The van der Waals surface area contributed by atoms with Gasteiger partial charge in [0, 0.05) is 22.3 Å². The summed E-state index contributed by atoms with van der Waals surface area (Å²) < 4.78 is 17.7. The molecule has 0 aliphatic carbocycles. The average Bonchev–Trinajstić information content (AvgIpc) is 2.82. The maximum absolute atomic E-state index is 12.8. The Morgan fingerprint density at radius 2 is 1.94 bits per heavy atom. The fraction of sp³-hybridized carbons (Fsp3) is 0.185. The van der Waals surface area contributed by atoms with Gasteiger partial charge in [-0.2, -0.15) is 5.26 Å². The Bertz CT molecular complexity index is 1280. The molecule has 3 aromatic carbocycles. The summed E-state index contributed by atoms with van der Waals surface area (Å²) in [6.45, 7) is 4.08. The van der Waals surface area contributed by atoms with E-state index in [-0.39, 0.29) is 18.3 Å². The predicted octanol–water partition coefficient (Wildman–Crippen LogP) is 7.02. The van der Waals surface area contributed by atoms with Gasteiger partial charge in [-0.25, -0.2) is 0 Å². The van der Waals surface area contributed by atoms with Gasteiger partial charge in [-0.15, -0.1) is 0 Å². The minimum Gasteiger partial charge on any atom is -0.493 e. The number of rotatable bonds is 9. The van der Waals surface area contributed by atoms with Crippen LogP contribution in [0.3, 0.4) is 0 Å². The van der Waals surface area contributed by atoms with E-state index in [1.165, 1.54) is 13.2 Å². The Morgan fingerprint density at radius 3 is 2.63 bits per heavy atom. The second-order valence-corrected chi connectivity index (χ2v) is 8.99. The van der Waals surface area contributed by atoms with E-state index in [0.717, 1.165) is 5.56 Å². The molecule has 0 saturated heterocycles. The summed E-state index contributed by atoms with van der Waals surface area (Å²) in [6.07, 6.45) is 1.48. The summed E-state index contributed by atoms with van der Waals surface area (Å²) in [6, 6.07) is 19.8. The summed E-state index contributed by atoms with van der Waals surface area (Å²) >= 11 is 9.71. The van der Waals surface area contributed by atoms with Crippen LogP contribution in [-0.2, 0) is 11.4 Å². The third-order valence-corrected chi connectivity index (χ3v) is 5.68. The molecule has 3 rings (SSSR count). The van der Waals surface area contributed by atoms with Gasteiger partial charge >= 0.3 is 0 Å². The van der Waals surface area contributed by atoms with E-state index in [0.29, 0.717) is 38.0 Å². The lowest BCUT2D eigenvalue weighted by Gasteiger charge is -2.14. The normalized spacial score (nSPS) is 11.1. The van der Waals surface area contributed by atoms with E-state index in [4.69, 9.17) is 25.8 Å². The van der Waals surface area contributed by atoms with E-state index >= 15 is 0 Å². The van der Waals surface area contributed by atoms with Gasteiger partial charge in [0.1, 0.15) is 24.0 Å². The van der Waals surface area contributed by atoms with Crippen LogP contribution in [0.15, 0.2) is 70.7 Å². The maximum Gasteiger partial charge on any atom is 0.266 e. The Morgan fingerprint density at radius 1 is 1.17 bits per heavy atom. The minimum atomic E-state index is -0.539. The lowest BCUT2D eigenvalue weighted by Crippen LogP contribution is -2.13. The first-order valence-electron chi connectivity index (χ1n) is 10.7. The fourth-order valence-electron chi connectivity index (χ4n) is 3.16. The van der Waals surface area contributed by atoms with Gasteiger partial charge in [0.05, 0.1) is 17.7 Å². The van der Waals surface area contributed by atoms with Crippen LogP contribution in [0, 0.1) is 11.3 Å². The lowest BCUT2D eigenvalue weighted by molar-refractivity contribution is -0.112. The Hall–Kier alpha value is -3.47. The molecule has 35 heavy (non-hydrogen) atoms. The maximum atomic E-state index is 12.8. The van der Waals surface area contributed by atoms with Crippen molar-refractivity contribution in [3.8, 4) is 23.3 Å². The minimum absolute atomic E-state index is 0.000532. The van der Waals surface area contributed by atoms with Crippen LogP contribution >= 0.6 is 27.5 Å². The van der Waals surface area contributed by atoms with Crippen LogP contribution in [0.25, 0.3) is 6.08 Å². The number of nitrogens with one attached hydrogen (secondary N) is 1. The number of methoxy groups -OCH3 is 1. The molecule has 0 spiro atoms. The molecule has 6 nitrogen and oxygen atoms in total. The summed E-state index contributed by atoms with van der Waals surface area (Å²) in [5.74, 6) is 1.01. The molecule has 0 aliphatic heterocycles. The van der Waals surface area contributed by atoms with Crippen LogP contribution in [0.2, 0.25) is 5.02 Å². The number of amides is 1. The second kappa shape index (κ2) is 12.3. The van der Waals surface area contributed by atoms with Crippen molar-refractivity contribution in [1.82, 2.24) is 0 Å². The molecule has 1 N–H and O–H groups in total. The van der Waals surface area contributed by atoms with Crippen molar-refractivity contribution in [3.63, 3.8) is 0 Å². The summed E-state index contributed by atoms with van der Waals surface area (Å²) in [4.78, 5) is 12.8. The van der Waals surface area contributed by atoms with Gasteiger partial charge in [0.2, 0.25) is 0 Å². The van der Waals surface area contributed by atoms with Crippen molar-refractivity contribution in [1.29, 1.82) is 5.26 Å². The quantitative estimate of drug-likeness (QED) is 0.227. The van der Waals surface area contributed by atoms with Gasteiger partial charge in [0.25, 0.3) is 5.91 Å². The molecule has 0 atom stereocenters. The summed E-state index contributed by atoms with van der Waals surface area (Å²) in [5.41, 5.74) is 1.87. The molecule has 8 heteroatoms. The lowest BCUT2D eigenvalue weighted by atomic mass is 10.1. The van der Waals surface area contributed by atoms with Crippen molar-refractivity contribution in [3.05, 3.63) is 86.9 Å². The van der Waals surface area contributed by atoms with Crippen molar-refractivity contribution in [2.75, 3.05) is 12.4 Å². The first-order valence-corrected chi connectivity index (χ1v) is 11.9. The molecule has 0 aliphatic rings. The van der Waals surface area contributed by atoms with Crippen LogP contribution in [0.5, 0.6) is 17.2 Å². The van der Waals surface area contributed by atoms with Crippen molar-refractivity contribution in [2.45, 2.75) is 26.6 Å². The van der Waals surface area contributed by atoms with Gasteiger partial charge in [0.15, 0.2) is 11.5 Å². The van der Waals surface area contributed by atoms with E-state index in [1.807, 2.05) is 38.1 Å². The molecular formula is C27H24BrClN2O4. The number of ether oxygens (including phenoxy) is 3. The van der Waals surface area contributed by atoms with Gasteiger partial charge in [-0.05, 0) is 71.7 Å². The van der Waals surface area contributed by atoms with E-state index in [2.05, 4.69) is 21.2 Å². The van der Waals surface area contributed by atoms with Crippen LogP contribution in [-0.4, -0.2) is 19.1 Å².